The van der Waals surface area contributed by atoms with Gasteiger partial charge in [0.25, 0.3) is 5.91 Å². The van der Waals surface area contributed by atoms with E-state index in [1.165, 1.54) is 24.2 Å². The second-order valence-electron chi connectivity index (χ2n) is 5.45. The van der Waals surface area contributed by atoms with E-state index in [4.69, 9.17) is 5.11 Å². The summed E-state index contributed by atoms with van der Waals surface area (Å²) >= 11 is 1.40. The molecule has 1 heterocycles. The van der Waals surface area contributed by atoms with Crippen molar-refractivity contribution in [2.45, 2.75) is 38.6 Å². The van der Waals surface area contributed by atoms with Gasteiger partial charge < -0.3 is 10.0 Å². The monoisotopic (exact) mass is 291 g/mol. The van der Waals surface area contributed by atoms with Crippen LogP contribution in [0.2, 0.25) is 0 Å². The molecule has 108 valence electrons. The molecular weight excluding hydrogens is 270 g/mol. The lowest BCUT2D eigenvalue weighted by Crippen LogP contribution is -2.38. The van der Waals surface area contributed by atoms with Crippen LogP contribution in [0, 0.1) is 17.8 Å². The molecule has 1 saturated carbocycles. The van der Waals surface area contributed by atoms with E-state index in [2.05, 4.69) is 18.8 Å². The van der Waals surface area contributed by atoms with E-state index >= 15 is 0 Å². The van der Waals surface area contributed by atoms with Gasteiger partial charge in [0.05, 0.1) is 9.75 Å². The van der Waals surface area contributed by atoms with E-state index in [0.717, 1.165) is 28.5 Å². The molecule has 0 unspecified atom stereocenters. The van der Waals surface area contributed by atoms with Crippen molar-refractivity contribution in [3.8, 4) is 11.8 Å². The Hall–Kier alpha value is -1.31. The Morgan fingerprint density at radius 1 is 1.40 bits per heavy atom. The fourth-order valence-corrected chi connectivity index (χ4v) is 3.48. The van der Waals surface area contributed by atoms with Crippen molar-refractivity contribution >= 4 is 17.2 Å². The average Bonchev–Trinajstić information content (AvgIpc) is 2.93. The highest BCUT2D eigenvalue weighted by Crippen LogP contribution is 2.28. The van der Waals surface area contributed by atoms with Crippen LogP contribution in [0.5, 0.6) is 0 Å². The van der Waals surface area contributed by atoms with Crippen LogP contribution in [-0.4, -0.2) is 35.6 Å². The number of aliphatic hydroxyl groups excluding tert-OH is 1. The summed E-state index contributed by atoms with van der Waals surface area (Å²) in [5.74, 6) is 6.33. The van der Waals surface area contributed by atoms with Crippen LogP contribution >= 0.6 is 11.3 Å². The van der Waals surface area contributed by atoms with Crippen LogP contribution in [0.4, 0.5) is 0 Å². The van der Waals surface area contributed by atoms with Crippen molar-refractivity contribution in [2.24, 2.45) is 5.92 Å². The first-order valence-electron chi connectivity index (χ1n) is 7.08. The zero-order valence-corrected chi connectivity index (χ0v) is 12.9. The van der Waals surface area contributed by atoms with Crippen molar-refractivity contribution in [1.82, 2.24) is 4.90 Å². The highest BCUT2D eigenvalue weighted by Gasteiger charge is 2.26. The maximum Gasteiger partial charge on any atom is 0.263 e. The van der Waals surface area contributed by atoms with E-state index in [1.54, 1.807) is 0 Å². The molecule has 0 atom stereocenters. The van der Waals surface area contributed by atoms with Crippen LogP contribution in [0.3, 0.4) is 0 Å². The smallest absolute Gasteiger partial charge is 0.263 e. The maximum absolute atomic E-state index is 12.5. The number of carbonyl (C=O) groups is 1. The Bertz CT molecular complexity index is 518. The van der Waals surface area contributed by atoms with Gasteiger partial charge in [-0.15, -0.1) is 11.3 Å². The first-order chi connectivity index (χ1) is 9.61. The Kier molecular flexibility index (Phi) is 5.22. The number of hydrogen-bond acceptors (Lipinski definition) is 3. The molecule has 1 aromatic rings. The molecule has 1 aliphatic carbocycles. The summed E-state index contributed by atoms with van der Waals surface area (Å²) in [5.41, 5.74) is 0. The molecule has 1 amide bonds. The van der Waals surface area contributed by atoms with Crippen molar-refractivity contribution in [1.29, 1.82) is 0 Å². The van der Waals surface area contributed by atoms with Gasteiger partial charge >= 0.3 is 0 Å². The number of carbonyl (C=O) groups excluding carboxylic acids is 1. The van der Waals surface area contributed by atoms with E-state index in [9.17, 15) is 4.79 Å². The Morgan fingerprint density at radius 2 is 2.10 bits per heavy atom. The molecule has 0 aliphatic heterocycles. The predicted octanol–water partition coefficient (Wildman–Crippen LogP) is 2.74. The average molecular weight is 291 g/mol. The first-order valence-corrected chi connectivity index (χ1v) is 7.90. The SMILES string of the molecule is CC1CCC(N(C)C(=O)c2ccc(C#CCO)s2)CC1. The van der Waals surface area contributed by atoms with Crippen LogP contribution in [0.15, 0.2) is 12.1 Å². The lowest BCUT2D eigenvalue weighted by molar-refractivity contribution is 0.0684. The van der Waals surface area contributed by atoms with Gasteiger partial charge in [0, 0.05) is 13.1 Å². The highest BCUT2D eigenvalue weighted by molar-refractivity contribution is 7.14. The Balaban J connectivity index is 2.01. The molecule has 0 radical (unpaired) electrons. The second-order valence-corrected chi connectivity index (χ2v) is 6.54. The van der Waals surface area contributed by atoms with E-state index in [1.807, 2.05) is 24.1 Å². The first kappa shape index (κ1) is 15.1. The summed E-state index contributed by atoms with van der Waals surface area (Å²) < 4.78 is 0. The summed E-state index contributed by atoms with van der Waals surface area (Å²) in [5, 5.41) is 8.68. The Morgan fingerprint density at radius 3 is 2.75 bits per heavy atom. The fourth-order valence-electron chi connectivity index (χ4n) is 2.62. The second kappa shape index (κ2) is 6.92. The van der Waals surface area contributed by atoms with Gasteiger partial charge in [0.2, 0.25) is 0 Å². The lowest BCUT2D eigenvalue weighted by Gasteiger charge is -2.33. The number of aliphatic hydroxyl groups is 1. The van der Waals surface area contributed by atoms with Crippen LogP contribution in [-0.2, 0) is 0 Å². The summed E-state index contributed by atoms with van der Waals surface area (Å²) in [6.07, 6.45) is 4.62. The molecule has 1 aliphatic rings. The third-order valence-corrected chi connectivity index (χ3v) is 4.95. The molecule has 1 N–H and O–H groups in total. The number of amides is 1. The van der Waals surface area contributed by atoms with Gasteiger partial charge in [-0.3, -0.25) is 4.79 Å². The minimum atomic E-state index is -0.151. The number of nitrogens with zero attached hydrogens (tertiary/aromatic N) is 1. The van der Waals surface area contributed by atoms with Gasteiger partial charge in [-0.25, -0.2) is 0 Å². The number of hydrogen-bond donors (Lipinski definition) is 1. The molecule has 1 aromatic heterocycles. The van der Waals surface area contributed by atoms with Gasteiger partial charge in [-0.1, -0.05) is 18.8 Å². The zero-order chi connectivity index (χ0) is 14.5. The number of rotatable bonds is 2. The van der Waals surface area contributed by atoms with E-state index in [0.29, 0.717) is 6.04 Å². The molecule has 3 nitrogen and oxygen atoms in total. The van der Waals surface area contributed by atoms with Crippen molar-refractivity contribution in [2.75, 3.05) is 13.7 Å². The molecule has 0 spiro atoms. The standard InChI is InChI=1S/C16H21NO2S/c1-12-5-7-13(8-6-12)17(2)16(19)15-10-9-14(20-15)4-3-11-18/h9-10,12-13,18H,5-8,11H2,1-2H3. The van der Waals surface area contributed by atoms with Crippen molar-refractivity contribution in [3.05, 3.63) is 21.9 Å². The summed E-state index contributed by atoms with van der Waals surface area (Å²) in [4.78, 5) is 15.9. The van der Waals surface area contributed by atoms with Gasteiger partial charge in [0.15, 0.2) is 0 Å². The predicted molar refractivity (Wildman–Crippen MR) is 81.8 cm³/mol. The van der Waals surface area contributed by atoms with Gasteiger partial charge in [-0.2, -0.15) is 0 Å². The normalized spacial score (nSPS) is 21.9. The molecule has 0 bridgehead atoms. The fraction of sp³-hybridized carbons (Fsp3) is 0.562. The highest BCUT2D eigenvalue weighted by atomic mass is 32.1. The van der Waals surface area contributed by atoms with E-state index < -0.39 is 0 Å². The number of thiophene rings is 1. The minimum absolute atomic E-state index is 0.0894. The van der Waals surface area contributed by atoms with Crippen LogP contribution in [0.1, 0.15) is 47.2 Å². The van der Waals surface area contributed by atoms with E-state index in [-0.39, 0.29) is 12.5 Å². The maximum atomic E-state index is 12.5. The van der Waals surface area contributed by atoms with Crippen LogP contribution < -0.4 is 0 Å². The van der Waals surface area contributed by atoms with Crippen molar-refractivity contribution in [3.63, 3.8) is 0 Å². The molecule has 2 rings (SSSR count). The lowest BCUT2D eigenvalue weighted by atomic mass is 9.87. The summed E-state index contributed by atoms with van der Waals surface area (Å²) in [6, 6.07) is 4.04. The third kappa shape index (κ3) is 3.62. The summed E-state index contributed by atoms with van der Waals surface area (Å²) in [7, 11) is 1.90. The van der Waals surface area contributed by atoms with Gasteiger partial charge in [-0.05, 0) is 43.7 Å². The molecule has 1 fully saturated rings. The molecule has 20 heavy (non-hydrogen) atoms. The molecule has 0 saturated heterocycles. The van der Waals surface area contributed by atoms with Gasteiger partial charge in [0.1, 0.15) is 6.61 Å². The largest absolute Gasteiger partial charge is 0.384 e. The molecule has 4 heteroatoms. The molecular formula is C16H21NO2S. The quantitative estimate of drug-likeness (QED) is 0.851. The van der Waals surface area contributed by atoms with Crippen molar-refractivity contribution < 1.29 is 9.90 Å². The minimum Gasteiger partial charge on any atom is -0.384 e. The zero-order valence-electron chi connectivity index (χ0n) is 12.1. The van der Waals surface area contributed by atoms with Crippen LogP contribution in [0.25, 0.3) is 0 Å². The summed E-state index contributed by atoms with van der Waals surface area (Å²) in [6.45, 7) is 2.13. The molecule has 0 aromatic carbocycles. The topological polar surface area (TPSA) is 40.5 Å². The third-order valence-electron chi connectivity index (χ3n) is 3.96. The Labute approximate surface area is 124 Å².